The third-order valence-corrected chi connectivity index (χ3v) is 8.96. The van der Waals surface area contributed by atoms with Crippen molar-refractivity contribution in [3.05, 3.63) is 140 Å². The highest BCUT2D eigenvalue weighted by Gasteiger charge is 2.25. The van der Waals surface area contributed by atoms with Gasteiger partial charge in [0.2, 0.25) is 0 Å². The summed E-state index contributed by atoms with van der Waals surface area (Å²) in [4.78, 5) is 10.4. The van der Waals surface area contributed by atoms with E-state index in [2.05, 4.69) is 114 Å². The number of furan rings is 1. The van der Waals surface area contributed by atoms with Crippen molar-refractivity contribution in [3.8, 4) is 17.2 Å². The highest BCUT2D eigenvalue weighted by atomic mass is 16.3. The molecule has 0 N–H and O–H groups in total. The second-order valence-corrected chi connectivity index (χ2v) is 11.3. The van der Waals surface area contributed by atoms with Crippen LogP contribution in [-0.2, 0) is 0 Å². The summed E-state index contributed by atoms with van der Waals surface area (Å²) in [5.74, 6) is 1.53. The molecule has 10 rings (SSSR count). The van der Waals surface area contributed by atoms with Gasteiger partial charge in [-0.3, -0.25) is 4.57 Å². The third kappa shape index (κ3) is 3.11. The van der Waals surface area contributed by atoms with E-state index in [1.54, 1.807) is 0 Å². The first-order chi connectivity index (χ1) is 21.8. The van der Waals surface area contributed by atoms with Crippen LogP contribution in [0.2, 0.25) is 0 Å². The molecular weight excluding hydrogens is 538 g/mol. The predicted octanol–water partition coefficient (Wildman–Crippen LogP) is 10.6. The molecule has 4 heteroatoms. The molecule has 10 aromatic rings. The lowest BCUT2D eigenvalue weighted by molar-refractivity contribution is 0.671. The van der Waals surface area contributed by atoms with Crippen molar-refractivity contribution >= 4 is 76.2 Å². The lowest BCUT2D eigenvalue weighted by Gasteiger charge is -2.14. The Kier molecular flexibility index (Phi) is 4.69. The summed E-state index contributed by atoms with van der Waals surface area (Å²) in [6.07, 6.45) is 0. The van der Waals surface area contributed by atoms with Gasteiger partial charge in [0.05, 0.1) is 16.6 Å². The summed E-state index contributed by atoms with van der Waals surface area (Å²) in [6, 6.07) is 48.7. The Hall–Kier alpha value is -6.00. The number of hydrogen-bond acceptors (Lipinski definition) is 3. The summed E-state index contributed by atoms with van der Waals surface area (Å²) >= 11 is 0. The smallest absolute Gasteiger partial charge is 0.162 e. The van der Waals surface area contributed by atoms with Crippen LogP contribution in [0.3, 0.4) is 0 Å². The Morgan fingerprint density at radius 3 is 1.95 bits per heavy atom. The fourth-order valence-corrected chi connectivity index (χ4v) is 7.09. The Morgan fingerprint density at radius 2 is 1.11 bits per heavy atom. The maximum atomic E-state index is 6.84. The van der Waals surface area contributed by atoms with Crippen molar-refractivity contribution in [3.63, 3.8) is 0 Å². The molecule has 0 unspecified atom stereocenters. The molecule has 0 aliphatic carbocycles. The summed E-state index contributed by atoms with van der Waals surface area (Å²) in [6.45, 7) is 0. The lowest BCUT2D eigenvalue weighted by atomic mass is 9.98. The molecule has 0 saturated carbocycles. The van der Waals surface area contributed by atoms with Crippen molar-refractivity contribution < 1.29 is 4.42 Å². The van der Waals surface area contributed by atoms with E-state index >= 15 is 0 Å². The number of benzene rings is 7. The highest BCUT2D eigenvalue weighted by molar-refractivity contribution is 6.36. The number of rotatable bonds is 2. The molecule has 0 saturated heterocycles. The van der Waals surface area contributed by atoms with Gasteiger partial charge in [0, 0.05) is 37.9 Å². The summed E-state index contributed by atoms with van der Waals surface area (Å²) in [5.41, 5.74) is 5.74. The molecule has 7 aromatic carbocycles. The van der Waals surface area contributed by atoms with E-state index in [0.717, 1.165) is 60.6 Å². The second kappa shape index (κ2) is 8.76. The van der Waals surface area contributed by atoms with Gasteiger partial charge in [-0.2, -0.15) is 0 Å². The Bertz CT molecular complexity index is 2770. The molecule has 0 aliphatic heterocycles. The van der Waals surface area contributed by atoms with Crippen LogP contribution in [0.15, 0.2) is 144 Å². The maximum Gasteiger partial charge on any atom is 0.162 e. The molecule has 4 nitrogen and oxygen atoms in total. The molecule has 44 heavy (non-hydrogen) atoms. The monoisotopic (exact) mass is 561 g/mol. The van der Waals surface area contributed by atoms with E-state index in [4.69, 9.17) is 14.4 Å². The average Bonchev–Trinajstić information content (AvgIpc) is 3.65. The number of hydrogen-bond donors (Lipinski definition) is 0. The molecule has 204 valence electrons. The normalized spacial score (nSPS) is 12.1. The minimum atomic E-state index is 0.691. The summed E-state index contributed by atoms with van der Waals surface area (Å²) in [7, 11) is 0. The largest absolute Gasteiger partial charge is 0.454 e. The summed E-state index contributed by atoms with van der Waals surface area (Å²) in [5, 5.41) is 10.3. The molecule has 0 aliphatic rings. The quantitative estimate of drug-likeness (QED) is 0.211. The zero-order valence-corrected chi connectivity index (χ0v) is 23.5. The maximum absolute atomic E-state index is 6.84. The zero-order valence-electron chi connectivity index (χ0n) is 23.5. The first kappa shape index (κ1) is 23.6. The topological polar surface area (TPSA) is 43.9 Å². The van der Waals surface area contributed by atoms with Crippen LogP contribution in [0.5, 0.6) is 0 Å². The van der Waals surface area contributed by atoms with Gasteiger partial charge in [0.1, 0.15) is 11.4 Å². The van der Waals surface area contributed by atoms with Crippen molar-refractivity contribution in [2.75, 3.05) is 0 Å². The van der Waals surface area contributed by atoms with Gasteiger partial charge < -0.3 is 4.42 Å². The predicted molar refractivity (Wildman–Crippen MR) is 182 cm³/mol. The number of aromatic nitrogens is 3. The van der Waals surface area contributed by atoms with Gasteiger partial charge in [0.15, 0.2) is 11.4 Å². The van der Waals surface area contributed by atoms with E-state index in [1.807, 2.05) is 30.3 Å². The first-order valence-corrected chi connectivity index (χ1v) is 14.9. The van der Waals surface area contributed by atoms with E-state index in [9.17, 15) is 0 Å². The lowest BCUT2D eigenvalue weighted by Crippen LogP contribution is -2.03. The molecular formula is C40H23N3O. The number of fused-ring (bicyclic) bond motifs is 13. The minimum absolute atomic E-state index is 0.691. The molecule has 3 aromatic heterocycles. The molecule has 0 fully saturated rings. The number of nitrogens with zero attached hydrogens (tertiary/aromatic N) is 3. The highest BCUT2D eigenvalue weighted by Crippen LogP contribution is 2.47. The molecule has 0 bridgehead atoms. The number of para-hydroxylation sites is 2. The van der Waals surface area contributed by atoms with Crippen LogP contribution >= 0.6 is 0 Å². The van der Waals surface area contributed by atoms with Gasteiger partial charge in [-0.1, -0.05) is 121 Å². The van der Waals surface area contributed by atoms with Crippen molar-refractivity contribution in [2.24, 2.45) is 0 Å². The van der Waals surface area contributed by atoms with Crippen LogP contribution < -0.4 is 0 Å². The molecule has 0 spiro atoms. The van der Waals surface area contributed by atoms with Crippen molar-refractivity contribution in [1.82, 2.24) is 14.5 Å². The van der Waals surface area contributed by atoms with E-state index in [0.29, 0.717) is 5.82 Å². The Morgan fingerprint density at radius 1 is 0.455 bits per heavy atom. The van der Waals surface area contributed by atoms with E-state index in [1.165, 1.54) is 26.9 Å². The van der Waals surface area contributed by atoms with Gasteiger partial charge in [-0.05, 0) is 34.4 Å². The Balaban J connectivity index is 1.53. The molecule has 3 heterocycles. The van der Waals surface area contributed by atoms with Gasteiger partial charge in [-0.15, -0.1) is 0 Å². The molecule has 0 atom stereocenters. The minimum Gasteiger partial charge on any atom is -0.454 e. The van der Waals surface area contributed by atoms with Crippen molar-refractivity contribution in [1.29, 1.82) is 0 Å². The van der Waals surface area contributed by atoms with Gasteiger partial charge >= 0.3 is 0 Å². The first-order valence-electron chi connectivity index (χ1n) is 14.9. The van der Waals surface area contributed by atoms with Crippen molar-refractivity contribution in [2.45, 2.75) is 0 Å². The van der Waals surface area contributed by atoms with Crippen LogP contribution in [0.25, 0.3) is 93.4 Å². The fraction of sp³-hybridized carbons (Fsp3) is 0. The second-order valence-electron chi connectivity index (χ2n) is 11.3. The Labute approximate surface area is 251 Å². The average molecular weight is 562 g/mol. The third-order valence-electron chi connectivity index (χ3n) is 8.96. The molecule has 0 amide bonds. The molecule has 0 radical (unpaired) electrons. The standard InChI is InChI=1S/C40H23N3O/c1-2-13-25(14-3-1)39-41-32-20-10-8-18-29(32)40(42-39)43-36-26-15-5-4-12-24(26)22-23-31(36)34-27-16-6-7-17-28(27)35-30-19-9-11-21-33(30)44-38(35)37(34)43/h1-23H. The van der Waals surface area contributed by atoms with Crippen LogP contribution in [-0.4, -0.2) is 14.5 Å². The van der Waals surface area contributed by atoms with E-state index < -0.39 is 0 Å². The van der Waals surface area contributed by atoms with Gasteiger partial charge in [0.25, 0.3) is 0 Å². The van der Waals surface area contributed by atoms with E-state index in [-0.39, 0.29) is 0 Å². The summed E-state index contributed by atoms with van der Waals surface area (Å²) < 4.78 is 9.19. The van der Waals surface area contributed by atoms with Crippen LogP contribution in [0, 0.1) is 0 Å². The van der Waals surface area contributed by atoms with Gasteiger partial charge in [-0.25, -0.2) is 9.97 Å². The fourth-order valence-electron chi connectivity index (χ4n) is 7.09. The SMILES string of the molecule is c1ccc(-c2nc(-n3c4c5ccccc5ccc4c4c5ccccc5c5c6ccccc6oc5c43)c3ccccc3n2)cc1. The zero-order chi connectivity index (χ0) is 28.8. The van der Waals surface area contributed by atoms with Crippen LogP contribution in [0.4, 0.5) is 0 Å². The van der Waals surface area contributed by atoms with Crippen LogP contribution in [0.1, 0.15) is 0 Å².